The Hall–Kier alpha value is -0.800. The summed E-state index contributed by atoms with van der Waals surface area (Å²) in [5.74, 6) is -0.535. The molecule has 0 saturated carbocycles. The van der Waals surface area contributed by atoms with Crippen LogP contribution in [0.1, 0.15) is 5.56 Å². The van der Waals surface area contributed by atoms with Crippen LogP contribution in [-0.4, -0.2) is 5.11 Å². The number of aliphatic hydroxyl groups is 1. The van der Waals surface area contributed by atoms with E-state index in [0.717, 1.165) is 0 Å². The summed E-state index contributed by atoms with van der Waals surface area (Å²) in [5, 5.41) is 8.73. The molecule has 4 heteroatoms. The van der Waals surface area contributed by atoms with Gasteiger partial charge in [-0.2, -0.15) is 0 Å². The van der Waals surface area contributed by atoms with Gasteiger partial charge >= 0.3 is 0 Å². The van der Waals surface area contributed by atoms with Crippen molar-refractivity contribution in [1.82, 2.24) is 0 Å². The molecule has 0 fully saturated rings. The smallest absolute Gasteiger partial charge is 0.130 e. The predicted octanol–water partition coefficient (Wildman–Crippen LogP) is 1.55. The van der Waals surface area contributed by atoms with E-state index in [1.807, 2.05) is 0 Å². The van der Waals surface area contributed by atoms with Gasteiger partial charge in [-0.1, -0.05) is 11.6 Å². The second-order valence-electron chi connectivity index (χ2n) is 2.09. The van der Waals surface area contributed by atoms with Gasteiger partial charge < -0.3 is 10.8 Å². The summed E-state index contributed by atoms with van der Waals surface area (Å²) >= 11 is 5.57. The molecule has 0 bridgehead atoms. The van der Waals surface area contributed by atoms with E-state index in [4.69, 9.17) is 22.4 Å². The van der Waals surface area contributed by atoms with Crippen molar-refractivity contribution in [1.29, 1.82) is 0 Å². The van der Waals surface area contributed by atoms with E-state index in [1.165, 1.54) is 12.1 Å². The maximum absolute atomic E-state index is 12.7. The highest BCUT2D eigenvalue weighted by Gasteiger charge is 2.07. The van der Waals surface area contributed by atoms with Gasteiger partial charge in [-0.25, -0.2) is 4.39 Å². The molecule has 2 nitrogen and oxygen atoms in total. The molecule has 0 atom stereocenters. The number of anilines is 1. The Morgan fingerprint density at radius 2 is 2.18 bits per heavy atom. The lowest BCUT2D eigenvalue weighted by molar-refractivity contribution is 0.276. The lowest BCUT2D eigenvalue weighted by Crippen LogP contribution is -1.95. The molecule has 1 aromatic rings. The molecule has 0 unspecified atom stereocenters. The Balaban J connectivity index is 3.29. The van der Waals surface area contributed by atoms with Crippen molar-refractivity contribution < 1.29 is 9.50 Å². The monoisotopic (exact) mass is 175 g/mol. The Morgan fingerprint density at radius 3 is 2.64 bits per heavy atom. The third kappa shape index (κ3) is 1.44. The number of aliphatic hydroxyl groups excluding tert-OH is 1. The normalized spacial score (nSPS) is 10.1. The van der Waals surface area contributed by atoms with Gasteiger partial charge in [-0.3, -0.25) is 0 Å². The summed E-state index contributed by atoms with van der Waals surface area (Å²) in [5.41, 5.74) is 5.68. The molecule has 0 radical (unpaired) electrons. The maximum atomic E-state index is 12.7. The Bertz CT molecular complexity index is 277. The third-order valence-electron chi connectivity index (χ3n) is 1.37. The van der Waals surface area contributed by atoms with E-state index in [9.17, 15) is 4.39 Å². The predicted molar refractivity (Wildman–Crippen MR) is 41.7 cm³/mol. The zero-order chi connectivity index (χ0) is 8.43. The number of rotatable bonds is 1. The van der Waals surface area contributed by atoms with Gasteiger partial charge in [0.25, 0.3) is 0 Å². The van der Waals surface area contributed by atoms with Crippen LogP contribution in [0.5, 0.6) is 0 Å². The lowest BCUT2D eigenvalue weighted by Gasteiger charge is -2.03. The average Bonchev–Trinajstić information content (AvgIpc) is 1.99. The molecule has 0 spiro atoms. The Labute approximate surface area is 68.4 Å². The lowest BCUT2D eigenvalue weighted by atomic mass is 10.2. The standard InChI is InChI=1S/C7H7ClFNO/c8-7-4(3-11)5(9)1-2-6(7)10/h1-2,11H,3,10H2. The zero-order valence-corrected chi connectivity index (χ0v) is 6.40. The van der Waals surface area contributed by atoms with Crippen LogP contribution in [0.2, 0.25) is 5.02 Å². The first-order valence-electron chi connectivity index (χ1n) is 3.00. The molecular weight excluding hydrogens is 169 g/mol. The first-order chi connectivity index (χ1) is 5.16. The second kappa shape index (κ2) is 3.07. The fourth-order valence-electron chi connectivity index (χ4n) is 0.761. The molecule has 0 aliphatic rings. The van der Waals surface area contributed by atoms with Crippen LogP contribution < -0.4 is 5.73 Å². The summed E-state index contributed by atoms with van der Waals surface area (Å²) in [6, 6.07) is 2.53. The van der Waals surface area contributed by atoms with E-state index in [1.54, 1.807) is 0 Å². The average molecular weight is 176 g/mol. The fourth-order valence-corrected chi connectivity index (χ4v) is 0.974. The molecule has 0 saturated heterocycles. The van der Waals surface area contributed by atoms with Crippen LogP contribution in [0, 0.1) is 5.82 Å². The van der Waals surface area contributed by atoms with Crippen LogP contribution in [0.3, 0.4) is 0 Å². The first-order valence-corrected chi connectivity index (χ1v) is 3.38. The molecule has 0 amide bonds. The number of nitrogens with two attached hydrogens (primary N) is 1. The van der Waals surface area contributed by atoms with E-state index in [2.05, 4.69) is 0 Å². The topological polar surface area (TPSA) is 46.2 Å². The molecule has 60 valence electrons. The van der Waals surface area contributed by atoms with Crippen molar-refractivity contribution in [2.24, 2.45) is 0 Å². The highest BCUT2D eigenvalue weighted by atomic mass is 35.5. The van der Waals surface area contributed by atoms with Crippen molar-refractivity contribution in [3.63, 3.8) is 0 Å². The highest BCUT2D eigenvalue weighted by molar-refractivity contribution is 6.33. The van der Waals surface area contributed by atoms with Crippen molar-refractivity contribution in [3.05, 3.63) is 28.5 Å². The summed E-state index contributed by atoms with van der Waals surface area (Å²) in [4.78, 5) is 0. The minimum absolute atomic E-state index is 0.0478. The summed E-state index contributed by atoms with van der Waals surface area (Å²) in [6.07, 6.45) is 0. The van der Waals surface area contributed by atoms with E-state index < -0.39 is 12.4 Å². The molecule has 1 rings (SSSR count). The van der Waals surface area contributed by atoms with Gasteiger partial charge in [0.15, 0.2) is 0 Å². The van der Waals surface area contributed by atoms with Crippen molar-refractivity contribution in [2.45, 2.75) is 6.61 Å². The van der Waals surface area contributed by atoms with E-state index in [0.29, 0.717) is 0 Å². The molecule has 0 aromatic heterocycles. The summed E-state index contributed by atoms with van der Waals surface area (Å²) < 4.78 is 12.7. The summed E-state index contributed by atoms with van der Waals surface area (Å²) in [6.45, 7) is -0.435. The molecule has 0 aliphatic carbocycles. The minimum Gasteiger partial charge on any atom is -0.398 e. The van der Waals surface area contributed by atoms with Crippen LogP contribution in [0.15, 0.2) is 12.1 Å². The van der Waals surface area contributed by atoms with Gasteiger partial charge in [-0.15, -0.1) is 0 Å². The third-order valence-corrected chi connectivity index (χ3v) is 1.82. The first kappa shape index (κ1) is 8.30. The number of halogens is 2. The van der Waals surface area contributed by atoms with Gasteiger partial charge in [-0.05, 0) is 12.1 Å². The molecule has 1 aromatic carbocycles. The number of hydrogen-bond donors (Lipinski definition) is 2. The largest absolute Gasteiger partial charge is 0.398 e. The molecule has 0 aliphatic heterocycles. The second-order valence-corrected chi connectivity index (χ2v) is 2.47. The minimum atomic E-state index is -0.535. The molecule has 0 heterocycles. The quantitative estimate of drug-likeness (QED) is 0.637. The van der Waals surface area contributed by atoms with Crippen molar-refractivity contribution >= 4 is 17.3 Å². The maximum Gasteiger partial charge on any atom is 0.130 e. The summed E-state index contributed by atoms with van der Waals surface area (Å²) in [7, 11) is 0. The fraction of sp³-hybridized carbons (Fsp3) is 0.143. The van der Waals surface area contributed by atoms with Crippen LogP contribution in [0.25, 0.3) is 0 Å². The molecule has 3 N–H and O–H groups in total. The highest BCUT2D eigenvalue weighted by Crippen LogP contribution is 2.25. The molecular formula is C7H7ClFNO. The number of nitrogen functional groups attached to an aromatic ring is 1. The van der Waals surface area contributed by atoms with E-state index >= 15 is 0 Å². The van der Waals surface area contributed by atoms with Crippen LogP contribution in [-0.2, 0) is 6.61 Å². The van der Waals surface area contributed by atoms with Crippen molar-refractivity contribution in [3.8, 4) is 0 Å². The number of benzene rings is 1. The zero-order valence-electron chi connectivity index (χ0n) is 5.64. The van der Waals surface area contributed by atoms with Gasteiger partial charge in [0.2, 0.25) is 0 Å². The Morgan fingerprint density at radius 1 is 1.55 bits per heavy atom. The molecule has 11 heavy (non-hydrogen) atoms. The van der Waals surface area contributed by atoms with Crippen LogP contribution >= 0.6 is 11.6 Å². The van der Waals surface area contributed by atoms with Crippen LogP contribution in [0.4, 0.5) is 10.1 Å². The van der Waals surface area contributed by atoms with E-state index in [-0.39, 0.29) is 16.3 Å². The number of hydrogen-bond acceptors (Lipinski definition) is 2. The van der Waals surface area contributed by atoms with Gasteiger partial charge in [0, 0.05) is 5.56 Å². The van der Waals surface area contributed by atoms with Gasteiger partial charge in [0.05, 0.1) is 17.3 Å². The SMILES string of the molecule is Nc1ccc(F)c(CO)c1Cl. The van der Waals surface area contributed by atoms with Gasteiger partial charge in [0.1, 0.15) is 5.82 Å². The van der Waals surface area contributed by atoms with Crippen molar-refractivity contribution in [2.75, 3.05) is 5.73 Å². The Kier molecular flexibility index (Phi) is 2.31.